The maximum absolute atomic E-state index is 12.5. The summed E-state index contributed by atoms with van der Waals surface area (Å²) in [6.07, 6.45) is 3.41. The summed E-state index contributed by atoms with van der Waals surface area (Å²) in [5.74, 6) is 0.756. The van der Waals surface area contributed by atoms with Gasteiger partial charge in [0.15, 0.2) is 0 Å². The Kier molecular flexibility index (Phi) is 4.58. The van der Waals surface area contributed by atoms with E-state index >= 15 is 0 Å². The lowest BCUT2D eigenvalue weighted by Crippen LogP contribution is -2.27. The molecule has 0 aliphatic carbocycles. The molecular formula is C16H20N4O2S. The fourth-order valence-corrected chi connectivity index (χ4v) is 4.12. The summed E-state index contributed by atoms with van der Waals surface area (Å²) in [4.78, 5) is 8.55. The number of aromatic nitrogens is 2. The molecule has 1 aromatic carbocycles. The molecule has 2 aromatic rings. The van der Waals surface area contributed by atoms with Crippen molar-refractivity contribution in [1.82, 2.24) is 14.3 Å². The van der Waals surface area contributed by atoms with Gasteiger partial charge in [-0.3, -0.25) is 0 Å². The van der Waals surface area contributed by atoms with Crippen molar-refractivity contribution >= 4 is 15.8 Å². The van der Waals surface area contributed by atoms with Crippen LogP contribution in [0.25, 0.3) is 0 Å². The molecule has 1 saturated heterocycles. The smallest absolute Gasteiger partial charge is 0.243 e. The van der Waals surface area contributed by atoms with E-state index in [0.717, 1.165) is 29.9 Å². The minimum Gasteiger partial charge on any atom is -0.366 e. The van der Waals surface area contributed by atoms with Gasteiger partial charge < -0.3 is 5.32 Å². The van der Waals surface area contributed by atoms with Crippen LogP contribution in [-0.4, -0.2) is 35.8 Å². The minimum atomic E-state index is -3.34. The molecule has 122 valence electrons. The third-order valence-corrected chi connectivity index (χ3v) is 5.82. The zero-order valence-electron chi connectivity index (χ0n) is 13.1. The van der Waals surface area contributed by atoms with Crippen molar-refractivity contribution in [3.05, 3.63) is 47.9 Å². The van der Waals surface area contributed by atoms with Gasteiger partial charge in [-0.25, -0.2) is 18.4 Å². The number of hydrogen-bond acceptors (Lipinski definition) is 5. The molecule has 1 aliphatic heterocycles. The van der Waals surface area contributed by atoms with Gasteiger partial charge in [-0.05, 0) is 37.5 Å². The molecule has 7 heteroatoms. The van der Waals surface area contributed by atoms with Crippen LogP contribution in [-0.2, 0) is 16.6 Å². The molecule has 0 radical (unpaired) electrons. The van der Waals surface area contributed by atoms with Gasteiger partial charge in [0, 0.05) is 31.4 Å². The Hall–Kier alpha value is -1.99. The van der Waals surface area contributed by atoms with Crippen molar-refractivity contribution in [1.29, 1.82) is 0 Å². The summed E-state index contributed by atoms with van der Waals surface area (Å²) in [7, 11) is -3.34. The highest BCUT2D eigenvalue weighted by Gasteiger charge is 2.26. The van der Waals surface area contributed by atoms with Gasteiger partial charge in [-0.1, -0.05) is 12.1 Å². The monoisotopic (exact) mass is 332 g/mol. The van der Waals surface area contributed by atoms with Gasteiger partial charge in [0.25, 0.3) is 0 Å². The highest BCUT2D eigenvalue weighted by molar-refractivity contribution is 7.89. The van der Waals surface area contributed by atoms with E-state index in [9.17, 15) is 8.42 Å². The van der Waals surface area contributed by atoms with Gasteiger partial charge in [0.2, 0.25) is 10.0 Å². The summed E-state index contributed by atoms with van der Waals surface area (Å²) in [6, 6.07) is 8.89. The first-order chi connectivity index (χ1) is 11.1. The lowest BCUT2D eigenvalue weighted by Gasteiger charge is -2.15. The van der Waals surface area contributed by atoms with Crippen LogP contribution in [0.15, 0.2) is 41.6 Å². The van der Waals surface area contributed by atoms with Crippen LogP contribution >= 0.6 is 0 Å². The van der Waals surface area contributed by atoms with Crippen LogP contribution in [0, 0.1) is 6.92 Å². The van der Waals surface area contributed by atoms with Crippen molar-refractivity contribution < 1.29 is 8.42 Å². The number of aryl methyl sites for hydroxylation is 1. The van der Waals surface area contributed by atoms with Crippen molar-refractivity contribution in [3.63, 3.8) is 0 Å². The van der Waals surface area contributed by atoms with E-state index in [4.69, 9.17) is 0 Å². The molecule has 0 unspecified atom stereocenters. The van der Waals surface area contributed by atoms with Gasteiger partial charge in [0.1, 0.15) is 12.1 Å². The maximum Gasteiger partial charge on any atom is 0.243 e. The standard InChI is InChI=1S/C16H20N4O2S/c1-13-10-16(19-12-18-13)17-11-14-4-6-15(7-5-14)23(21,22)20-8-2-3-9-20/h4-7,10,12H,2-3,8-9,11H2,1H3,(H,17,18,19). The molecule has 1 fully saturated rings. The van der Waals surface area contributed by atoms with Crippen molar-refractivity contribution in [2.75, 3.05) is 18.4 Å². The molecular weight excluding hydrogens is 312 g/mol. The molecule has 1 aliphatic rings. The Labute approximate surface area is 136 Å². The topological polar surface area (TPSA) is 75.2 Å². The fraction of sp³-hybridized carbons (Fsp3) is 0.375. The van der Waals surface area contributed by atoms with E-state index in [1.807, 2.05) is 25.1 Å². The summed E-state index contributed by atoms with van der Waals surface area (Å²) in [6.45, 7) is 3.74. The molecule has 1 aromatic heterocycles. The van der Waals surface area contributed by atoms with Crippen LogP contribution in [0.2, 0.25) is 0 Å². The second-order valence-electron chi connectivity index (χ2n) is 5.65. The Morgan fingerprint density at radius 2 is 1.83 bits per heavy atom. The predicted molar refractivity (Wildman–Crippen MR) is 88.5 cm³/mol. The van der Waals surface area contributed by atoms with Crippen molar-refractivity contribution in [2.24, 2.45) is 0 Å². The molecule has 1 N–H and O–H groups in total. The second kappa shape index (κ2) is 6.64. The molecule has 3 rings (SSSR count). The lowest BCUT2D eigenvalue weighted by molar-refractivity contribution is 0.477. The molecule has 0 saturated carbocycles. The number of hydrogen-bond donors (Lipinski definition) is 1. The fourth-order valence-electron chi connectivity index (χ4n) is 2.60. The highest BCUT2D eigenvalue weighted by Crippen LogP contribution is 2.21. The van der Waals surface area contributed by atoms with E-state index in [1.165, 1.54) is 6.33 Å². The minimum absolute atomic E-state index is 0.362. The van der Waals surface area contributed by atoms with E-state index in [0.29, 0.717) is 24.5 Å². The molecule has 23 heavy (non-hydrogen) atoms. The Morgan fingerprint density at radius 3 is 2.48 bits per heavy atom. The predicted octanol–water partition coefficient (Wildman–Crippen LogP) is 2.18. The third kappa shape index (κ3) is 3.68. The van der Waals surface area contributed by atoms with Gasteiger partial charge in [-0.15, -0.1) is 0 Å². The van der Waals surface area contributed by atoms with Crippen molar-refractivity contribution in [2.45, 2.75) is 31.2 Å². The van der Waals surface area contributed by atoms with Gasteiger partial charge in [0.05, 0.1) is 4.90 Å². The van der Waals surface area contributed by atoms with Crippen LogP contribution in [0.5, 0.6) is 0 Å². The Bertz CT molecular complexity index is 769. The highest BCUT2D eigenvalue weighted by atomic mass is 32.2. The number of sulfonamides is 1. The molecule has 2 heterocycles. The van der Waals surface area contributed by atoms with E-state index < -0.39 is 10.0 Å². The molecule has 0 amide bonds. The van der Waals surface area contributed by atoms with Crippen LogP contribution in [0.3, 0.4) is 0 Å². The quantitative estimate of drug-likeness (QED) is 0.908. The van der Waals surface area contributed by atoms with E-state index in [1.54, 1.807) is 16.4 Å². The molecule has 0 atom stereocenters. The largest absolute Gasteiger partial charge is 0.366 e. The van der Waals surface area contributed by atoms with Crippen LogP contribution < -0.4 is 5.32 Å². The maximum atomic E-state index is 12.5. The third-order valence-electron chi connectivity index (χ3n) is 3.90. The summed E-state index contributed by atoms with van der Waals surface area (Å²) < 4.78 is 26.5. The van der Waals surface area contributed by atoms with E-state index in [2.05, 4.69) is 15.3 Å². The van der Waals surface area contributed by atoms with E-state index in [-0.39, 0.29) is 0 Å². The number of anilines is 1. The van der Waals surface area contributed by atoms with Crippen LogP contribution in [0.1, 0.15) is 24.1 Å². The molecule has 0 bridgehead atoms. The first kappa shape index (κ1) is 15.9. The zero-order valence-corrected chi connectivity index (χ0v) is 13.9. The normalized spacial score (nSPS) is 15.7. The number of benzene rings is 1. The van der Waals surface area contributed by atoms with Crippen molar-refractivity contribution in [3.8, 4) is 0 Å². The van der Waals surface area contributed by atoms with Gasteiger partial charge >= 0.3 is 0 Å². The Morgan fingerprint density at radius 1 is 1.13 bits per heavy atom. The molecule has 0 spiro atoms. The summed E-state index contributed by atoms with van der Waals surface area (Å²) in [5.41, 5.74) is 1.90. The Balaban J connectivity index is 1.67. The first-order valence-electron chi connectivity index (χ1n) is 7.67. The number of nitrogens with zero attached hydrogens (tertiary/aromatic N) is 3. The average Bonchev–Trinajstić information content (AvgIpc) is 3.09. The summed E-state index contributed by atoms with van der Waals surface area (Å²) >= 11 is 0. The second-order valence-corrected chi connectivity index (χ2v) is 7.59. The average molecular weight is 332 g/mol. The first-order valence-corrected chi connectivity index (χ1v) is 9.11. The zero-order chi connectivity index (χ0) is 16.3. The molecule has 6 nitrogen and oxygen atoms in total. The van der Waals surface area contributed by atoms with Gasteiger partial charge in [-0.2, -0.15) is 4.31 Å². The van der Waals surface area contributed by atoms with Crippen LogP contribution in [0.4, 0.5) is 5.82 Å². The lowest BCUT2D eigenvalue weighted by atomic mass is 10.2. The number of rotatable bonds is 5. The number of nitrogens with one attached hydrogen (secondary N) is 1. The SMILES string of the molecule is Cc1cc(NCc2ccc(S(=O)(=O)N3CCCC3)cc2)ncn1. The summed E-state index contributed by atoms with van der Waals surface area (Å²) in [5, 5.41) is 3.20.